The normalized spacial score (nSPS) is 22.1. The van der Waals surface area contributed by atoms with Crippen molar-refractivity contribution in [3.8, 4) is 17.1 Å². The van der Waals surface area contributed by atoms with E-state index in [-0.39, 0.29) is 0 Å². The summed E-state index contributed by atoms with van der Waals surface area (Å²) in [4.78, 5) is 11.3. The van der Waals surface area contributed by atoms with Crippen LogP contribution in [0.2, 0.25) is 0 Å². The third-order valence-corrected chi connectivity index (χ3v) is 5.14. The van der Waals surface area contributed by atoms with Crippen molar-refractivity contribution in [2.45, 2.75) is 18.6 Å². The number of pyridine rings is 2. The zero-order valence-electron chi connectivity index (χ0n) is 14.2. The number of aryl methyl sites for hydroxylation is 1. The van der Waals surface area contributed by atoms with Gasteiger partial charge in [-0.25, -0.2) is 9.97 Å². The number of ether oxygens (including phenoxy) is 2. The number of methoxy groups -OCH3 is 1. The molecule has 0 unspecified atom stereocenters. The molecule has 2 aliphatic heterocycles. The average Bonchev–Trinajstić information content (AvgIpc) is 3.36. The summed E-state index contributed by atoms with van der Waals surface area (Å²) < 4.78 is 13.0. The van der Waals surface area contributed by atoms with E-state index in [0.29, 0.717) is 18.0 Å². The van der Waals surface area contributed by atoms with Crippen LogP contribution in [0.1, 0.15) is 6.42 Å². The Morgan fingerprint density at radius 3 is 2.88 bits per heavy atom. The number of rotatable bonds is 3. The fraction of sp³-hybridized carbons (Fsp3) is 0.389. The first-order valence-corrected chi connectivity index (χ1v) is 8.45. The lowest BCUT2D eigenvalue weighted by atomic mass is 10.1. The second-order valence-corrected chi connectivity index (χ2v) is 6.59. The first-order chi connectivity index (χ1) is 12.2. The second kappa shape index (κ2) is 5.42. The van der Waals surface area contributed by atoms with E-state index in [1.807, 2.05) is 30.1 Å². The number of fused-ring (bicyclic) bond motifs is 3. The van der Waals surface area contributed by atoms with E-state index in [1.54, 1.807) is 13.3 Å². The van der Waals surface area contributed by atoms with E-state index in [2.05, 4.69) is 20.9 Å². The largest absolute Gasteiger partial charge is 0.480 e. The quantitative estimate of drug-likeness (QED) is 0.728. The minimum absolute atomic E-state index is 0.343. The van der Waals surface area contributed by atoms with E-state index in [4.69, 9.17) is 14.6 Å². The van der Waals surface area contributed by atoms with Gasteiger partial charge in [-0.1, -0.05) is 0 Å². The minimum atomic E-state index is 0.343. The lowest BCUT2D eigenvalue weighted by Gasteiger charge is -2.28. The van der Waals surface area contributed by atoms with E-state index in [0.717, 1.165) is 47.6 Å². The Labute approximate surface area is 145 Å². The molecule has 0 spiro atoms. The summed E-state index contributed by atoms with van der Waals surface area (Å²) in [5, 5.41) is 5.64. The molecule has 0 aliphatic carbocycles. The molecule has 0 amide bonds. The summed E-state index contributed by atoms with van der Waals surface area (Å²) in [6.45, 7) is 1.70. The van der Waals surface area contributed by atoms with Crippen LogP contribution in [0.4, 0.5) is 5.82 Å². The molecule has 7 heteroatoms. The molecular formula is C18H19N5O2. The molecule has 25 heavy (non-hydrogen) atoms. The van der Waals surface area contributed by atoms with Gasteiger partial charge in [-0.05, 0) is 24.6 Å². The summed E-state index contributed by atoms with van der Waals surface area (Å²) in [7, 11) is 3.57. The van der Waals surface area contributed by atoms with E-state index < -0.39 is 0 Å². The van der Waals surface area contributed by atoms with Crippen LogP contribution in [0.15, 0.2) is 30.6 Å². The zero-order chi connectivity index (χ0) is 17.0. The predicted molar refractivity (Wildman–Crippen MR) is 93.8 cm³/mol. The van der Waals surface area contributed by atoms with E-state index in [9.17, 15) is 0 Å². The fourth-order valence-corrected chi connectivity index (χ4v) is 3.94. The molecule has 0 saturated carbocycles. The molecule has 2 saturated heterocycles. The summed E-state index contributed by atoms with van der Waals surface area (Å²) in [5.41, 5.74) is 2.88. The lowest BCUT2D eigenvalue weighted by Crippen LogP contribution is -2.37. The van der Waals surface area contributed by atoms with Gasteiger partial charge in [0.1, 0.15) is 11.5 Å². The van der Waals surface area contributed by atoms with Gasteiger partial charge in [0.2, 0.25) is 5.88 Å². The van der Waals surface area contributed by atoms with Crippen molar-refractivity contribution in [1.82, 2.24) is 19.7 Å². The topological polar surface area (TPSA) is 65.3 Å². The van der Waals surface area contributed by atoms with E-state index >= 15 is 0 Å². The van der Waals surface area contributed by atoms with Crippen molar-refractivity contribution >= 4 is 16.7 Å². The Morgan fingerprint density at radius 1 is 1.24 bits per heavy atom. The average molecular weight is 337 g/mol. The summed E-state index contributed by atoms with van der Waals surface area (Å²) in [5.74, 6) is 1.57. The molecule has 128 valence electrons. The van der Waals surface area contributed by atoms with Gasteiger partial charge >= 0.3 is 0 Å². The highest BCUT2D eigenvalue weighted by Crippen LogP contribution is 2.36. The molecule has 5 heterocycles. The smallest absolute Gasteiger partial charge is 0.224 e. The highest BCUT2D eigenvalue weighted by molar-refractivity contribution is 5.97. The fourth-order valence-electron chi connectivity index (χ4n) is 3.94. The van der Waals surface area contributed by atoms with Crippen molar-refractivity contribution in [1.29, 1.82) is 0 Å². The van der Waals surface area contributed by atoms with Gasteiger partial charge < -0.3 is 14.4 Å². The molecule has 0 radical (unpaired) electrons. The highest BCUT2D eigenvalue weighted by atomic mass is 16.5. The van der Waals surface area contributed by atoms with Gasteiger partial charge in [-0.2, -0.15) is 5.10 Å². The Kier molecular flexibility index (Phi) is 3.18. The van der Waals surface area contributed by atoms with Gasteiger partial charge in [-0.3, -0.25) is 4.68 Å². The Balaban J connectivity index is 1.62. The zero-order valence-corrected chi connectivity index (χ0v) is 14.2. The van der Waals surface area contributed by atoms with Crippen molar-refractivity contribution in [3.05, 3.63) is 30.6 Å². The van der Waals surface area contributed by atoms with Gasteiger partial charge in [0, 0.05) is 31.5 Å². The Bertz CT molecular complexity index is 954. The maximum absolute atomic E-state index is 5.70. The molecular weight excluding hydrogens is 318 g/mol. The minimum Gasteiger partial charge on any atom is -0.480 e. The van der Waals surface area contributed by atoms with Crippen LogP contribution in [0.3, 0.4) is 0 Å². The van der Waals surface area contributed by atoms with Gasteiger partial charge in [0.25, 0.3) is 0 Å². The molecule has 2 fully saturated rings. The third-order valence-electron chi connectivity index (χ3n) is 5.14. The molecule has 2 bridgehead atoms. The van der Waals surface area contributed by atoms with Crippen LogP contribution in [0, 0.1) is 0 Å². The third kappa shape index (κ3) is 2.19. The number of anilines is 1. The Hall–Kier alpha value is -2.67. The van der Waals surface area contributed by atoms with Crippen LogP contribution in [-0.2, 0) is 11.8 Å². The number of morpholine rings is 1. The van der Waals surface area contributed by atoms with E-state index in [1.165, 1.54) is 0 Å². The number of aromatic nitrogens is 4. The molecule has 2 aliphatic rings. The number of hydrogen-bond donors (Lipinski definition) is 0. The first-order valence-electron chi connectivity index (χ1n) is 8.45. The highest BCUT2D eigenvalue weighted by Gasteiger charge is 2.39. The molecule has 3 aromatic heterocycles. The summed E-state index contributed by atoms with van der Waals surface area (Å²) in [6, 6.07) is 6.48. The number of hydrogen-bond acceptors (Lipinski definition) is 6. The van der Waals surface area contributed by atoms with Crippen LogP contribution in [0.25, 0.3) is 22.2 Å². The van der Waals surface area contributed by atoms with Crippen LogP contribution < -0.4 is 9.64 Å². The first kappa shape index (κ1) is 14.7. The van der Waals surface area contributed by atoms with Crippen molar-refractivity contribution in [2.75, 3.05) is 25.2 Å². The van der Waals surface area contributed by atoms with Crippen LogP contribution in [0.5, 0.6) is 5.88 Å². The Morgan fingerprint density at radius 2 is 2.12 bits per heavy atom. The van der Waals surface area contributed by atoms with Crippen LogP contribution >= 0.6 is 0 Å². The second-order valence-electron chi connectivity index (χ2n) is 6.59. The number of nitrogens with zero attached hydrogens (tertiary/aromatic N) is 5. The predicted octanol–water partition coefficient (Wildman–Crippen LogP) is 2.02. The van der Waals surface area contributed by atoms with Gasteiger partial charge in [0.15, 0.2) is 0 Å². The maximum atomic E-state index is 5.70. The summed E-state index contributed by atoms with van der Waals surface area (Å²) >= 11 is 0. The molecule has 0 N–H and O–H groups in total. The van der Waals surface area contributed by atoms with Crippen molar-refractivity contribution < 1.29 is 9.47 Å². The molecule has 3 aromatic rings. The SMILES string of the molecule is COc1nccc2c1c(-c1ccnc(N3C[C@@H]4C[C@H]3CO4)c1)nn2C. The summed E-state index contributed by atoms with van der Waals surface area (Å²) in [6.07, 6.45) is 5.03. The molecule has 5 rings (SSSR count). The molecule has 2 atom stereocenters. The van der Waals surface area contributed by atoms with Gasteiger partial charge in [0.05, 0.1) is 36.8 Å². The molecule has 0 aromatic carbocycles. The van der Waals surface area contributed by atoms with Crippen molar-refractivity contribution in [2.24, 2.45) is 7.05 Å². The van der Waals surface area contributed by atoms with Crippen LogP contribution in [-0.4, -0.2) is 52.2 Å². The molecule has 7 nitrogen and oxygen atoms in total. The lowest BCUT2D eigenvalue weighted by molar-refractivity contribution is 0.0989. The van der Waals surface area contributed by atoms with Gasteiger partial charge in [-0.15, -0.1) is 0 Å². The monoisotopic (exact) mass is 337 g/mol. The maximum Gasteiger partial charge on any atom is 0.224 e. The standard InChI is InChI=1S/C18H19N5O2/c1-22-14-4-6-20-18(24-2)16(14)17(21-22)11-3-5-19-15(7-11)23-9-13-8-12(23)10-25-13/h3-7,12-13H,8-10H2,1-2H3/t12-,13-/m0/s1. The van der Waals surface area contributed by atoms with Crippen molar-refractivity contribution in [3.63, 3.8) is 0 Å².